The molecule has 0 spiro atoms. The van der Waals surface area contributed by atoms with Crippen LogP contribution in [0.5, 0.6) is 0 Å². The minimum Gasteiger partial charge on any atom is -0.461 e. The standard InChI is InChI=1S/C18H19N5O3/c24-18(26-12-13-5-1-2-6-13)21-15-11-16(23-9-4-8-19-23)22-17(20-15)14-7-3-10-25-14/h3-4,7-11,13H,1-2,5-6,12H2,(H,20,21,22,24). The van der Waals surface area contributed by atoms with Gasteiger partial charge in [-0.2, -0.15) is 5.10 Å². The van der Waals surface area contributed by atoms with Gasteiger partial charge in [-0.1, -0.05) is 12.8 Å². The monoisotopic (exact) mass is 353 g/mol. The second-order valence-corrected chi connectivity index (χ2v) is 6.24. The summed E-state index contributed by atoms with van der Waals surface area (Å²) >= 11 is 0. The number of carbonyl (C=O) groups excluding carboxylic acids is 1. The molecular formula is C18H19N5O3. The van der Waals surface area contributed by atoms with Gasteiger partial charge in [0.15, 0.2) is 17.4 Å². The zero-order valence-corrected chi connectivity index (χ0v) is 14.2. The molecule has 1 aliphatic rings. The summed E-state index contributed by atoms with van der Waals surface area (Å²) in [4.78, 5) is 20.9. The summed E-state index contributed by atoms with van der Waals surface area (Å²) in [5.41, 5.74) is 0. The zero-order valence-electron chi connectivity index (χ0n) is 14.2. The fourth-order valence-electron chi connectivity index (χ4n) is 3.05. The summed E-state index contributed by atoms with van der Waals surface area (Å²) in [7, 11) is 0. The van der Waals surface area contributed by atoms with E-state index in [1.54, 1.807) is 47.6 Å². The van der Waals surface area contributed by atoms with Crippen molar-refractivity contribution >= 4 is 11.9 Å². The SMILES string of the molecule is O=C(Nc1cc(-n2cccn2)nc(-c2ccco2)n1)OCC1CCCC1. The zero-order chi connectivity index (χ0) is 17.8. The summed E-state index contributed by atoms with van der Waals surface area (Å²) in [6.45, 7) is 0.438. The van der Waals surface area contributed by atoms with Crippen molar-refractivity contribution in [3.05, 3.63) is 42.9 Å². The molecular weight excluding hydrogens is 334 g/mol. The number of hydrogen-bond donors (Lipinski definition) is 1. The van der Waals surface area contributed by atoms with Crippen LogP contribution in [0, 0.1) is 5.92 Å². The van der Waals surface area contributed by atoms with Crippen LogP contribution in [0.15, 0.2) is 47.3 Å². The normalized spacial score (nSPS) is 14.5. The Hall–Kier alpha value is -3.16. The van der Waals surface area contributed by atoms with E-state index in [1.807, 2.05) is 0 Å². The maximum Gasteiger partial charge on any atom is 0.412 e. The molecule has 0 radical (unpaired) electrons. The lowest BCUT2D eigenvalue weighted by atomic mass is 10.1. The Morgan fingerprint density at radius 3 is 2.92 bits per heavy atom. The highest BCUT2D eigenvalue weighted by Crippen LogP contribution is 2.25. The average molecular weight is 353 g/mol. The number of rotatable bonds is 5. The Morgan fingerprint density at radius 2 is 2.19 bits per heavy atom. The van der Waals surface area contributed by atoms with Crippen LogP contribution in [-0.2, 0) is 4.74 Å². The van der Waals surface area contributed by atoms with Crippen molar-refractivity contribution in [1.29, 1.82) is 0 Å². The predicted molar refractivity (Wildman–Crippen MR) is 93.8 cm³/mol. The Labute approximate surface area is 150 Å². The van der Waals surface area contributed by atoms with Crippen molar-refractivity contribution < 1.29 is 13.9 Å². The molecule has 0 aromatic carbocycles. The number of furan rings is 1. The topological polar surface area (TPSA) is 95.1 Å². The molecule has 3 heterocycles. The third-order valence-corrected chi connectivity index (χ3v) is 4.35. The number of nitrogens with zero attached hydrogens (tertiary/aromatic N) is 4. The van der Waals surface area contributed by atoms with Gasteiger partial charge in [-0.15, -0.1) is 0 Å². The highest BCUT2D eigenvalue weighted by molar-refractivity contribution is 5.83. The van der Waals surface area contributed by atoms with E-state index in [2.05, 4.69) is 20.4 Å². The van der Waals surface area contributed by atoms with Gasteiger partial charge >= 0.3 is 6.09 Å². The molecule has 0 bridgehead atoms. The lowest BCUT2D eigenvalue weighted by Gasteiger charge is -2.11. The van der Waals surface area contributed by atoms with Crippen molar-refractivity contribution in [1.82, 2.24) is 19.7 Å². The van der Waals surface area contributed by atoms with E-state index >= 15 is 0 Å². The molecule has 26 heavy (non-hydrogen) atoms. The van der Waals surface area contributed by atoms with Crippen LogP contribution < -0.4 is 5.32 Å². The van der Waals surface area contributed by atoms with Crippen LogP contribution in [0.25, 0.3) is 17.4 Å². The minimum atomic E-state index is -0.521. The molecule has 1 aliphatic carbocycles. The molecule has 0 aliphatic heterocycles. The Balaban J connectivity index is 1.53. The number of anilines is 1. The third-order valence-electron chi connectivity index (χ3n) is 4.35. The first-order chi connectivity index (χ1) is 12.8. The van der Waals surface area contributed by atoms with Gasteiger partial charge in [0, 0.05) is 18.5 Å². The minimum absolute atomic E-state index is 0.327. The highest BCUT2D eigenvalue weighted by Gasteiger charge is 2.18. The number of nitrogens with one attached hydrogen (secondary N) is 1. The second-order valence-electron chi connectivity index (χ2n) is 6.24. The van der Waals surface area contributed by atoms with E-state index in [0.29, 0.717) is 35.7 Å². The van der Waals surface area contributed by atoms with Crippen LogP contribution >= 0.6 is 0 Å². The van der Waals surface area contributed by atoms with Crippen molar-refractivity contribution in [2.75, 3.05) is 11.9 Å². The third kappa shape index (κ3) is 3.74. The second kappa shape index (κ2) is 7.38. The summed E-state index contributed by atoms with van der Waals surface area (Å²) in [6, 6.07) is 6.93. The number of ether oxygens (including phenoxy) is 1. The van der Waals surface area contributed by atoms with Crippen LogP contribution in [0.4, 0.5) is 10.6 Å². The van der Waals surface area contributed by atoms with E-state index in [4.69, 9.17) is 9.15 Å². The quantitative estimate of drug-likeness (QED) is 0.752. The molecule has 1 N–H and O–H groups in total. The smallest absolute Gasteiger partial charge is 0.412 e. The highest BCUT2D eigenvalue weighted by atomic mass is 16.5. The Bertz CT molecular complexity index is 803. The summed E-state index contributed by atoms with van der Waals surface area (Å²) in [6.07, 6.45) is 9.09. The van der Waals surface area contributed by atoms with Gasteiger partial charge in [-0.25, -0.2) is 19.4 Å². The number of carbonyl (C=O) groups is 1. The lowest BCUT2D eigenvalue weighted by Crippen LogP contribution is -2.19. The van der Waals surface area contributed by atoms with Crippen LogP contribution in [0.2, 0.25) is 0 Å². The van der Waals surface area contributed by atoms with E-state index in [0.717, 1.165) is 12.8 Å². The Kier molecular flexibility index (Phi) is 4.63. The largest absolute Gasteiger partial charge is 0.461 e. The molecule has 3 aromatic heterocycles. The maximum absolute atomic E-state index is 12.1. The van der Waals surface area contributed by atoms with Gasteiger partial charge in [0.25, 0.3) is 0 Å². The summed E-state index contributed by atoms with van der Waals surface area (Å²) in [5, 5.41) is 6.85. The average Bonchev–Trinajstić information content (AvgIpc) is 3.43. The molecule has 8 nitrogen and oxygen atoms in total. The van der Waals surface area contributed by atoms with Gasteiger partial charge in [-0.05, 0) is 37.0 Å². The van der Waals surface area contributed by atoms with Gasteiger partial charge < -0.3 is 9.15 Å². The van der Waals surface area contributed by atoms with Crippen molar-refractivity contribution in [3.8, 4) is 17.4 Å². The van der Waals surface area contributed by atoms with E-state index in [9.17, 15) is 4.79 Å². The first-order valence-electron chi connectivity index (χ1n) is 8.65. The van der Waals surface area contributed by atoms with Gasteiger partial charge in [0.2, 0.25) is 0 Å². The van der Waals surface area contributed by atoms with Crippen LogP contribution in [0.3, 0.4) is 0 Å². The maximum atomic E-state index is 12.1. The van der Waals surface area contributed by atoms with Crippen LogP contribution in [-0.4, -0.2) is 32.4 Å². The van der Waals surface area contributed by atoms with Crippen molar-refractivity contribution in [3.63, 3.8) is 0 Å². The first-order valence-corrected chi connectivity index (χ1v) is 8.65. The molecule has 1 amide bonds. The molecule has 1 fully saturated rings. The number of aromatic nitrogens is 4. The van der Waals surface area contributed by atoms with Gasteiger partial charge in [0.1, 0.15) is 5.82 Å². The molecule has 0 unspecified atom stereocenters. The fraction of sp³-hybridized carbons (Fsp3) is 0.333. The molecule has 1 saturated carbocycles. The predicted octanol–water partition coefficient (Wildman–Crippen LogP) is 3.66. The van der Waals surface area contributed by atoms with Gasteiger partial charge in [-0.3, -0.25) is 5.32 Å². The lowest BCUT2D eigenvalue weighted by molar-refractivity contribution is 0.141. The van der Waals surface area contributed by atoms with E-state index < -0.39 is 6.09 Å². The molecule has 0 atom stereocenters. The molecule has 0 saturated heterocycles. The summed E-state index contributed by atoms with van der Waals surface area (Å²) in [5.74, 6) is 2.16. The molecule has 8 heteroatoms. The first kappa shape index (κ1) is 16.3. The van der Waals surface area contributed by atoms with Crippen LogP contribution in [0.1, 0.15) is 25.7 Å². The molecule has 4 rings (SSSR count). The number of amides is 1. The van der Waals surface area contributed by atoms with E-state index in [1.165, 1.54) is 12.8 Å². The van der Waals surface area contributed by atoms with Crippen molar-refractivity contribution in [2.45, 2.75) is 25.7 Å². The Morgan fingerprint density at radius 1 is 1.31 bits per heavy atom. The summed E-state index contributed by atoms with van der Waals surface area (Å²) < 4.78 is 12.3. The molecule has 3 aromatic rings. The van der Waals surface area contributed by atoms with Crippen molar-refractivity contribution in [2.24, 2.45) is 5.92 Å². The fourth-order valence-corrected chi connectivity index (χ4v) is 3.05. The molecule has 134 valence electrons. The van der Waals surface area contributed by atoms with Gasteiger partial charge in [0.05, 0.1) is 12.9 Å². The van der Waals surface area contributed by atoms with E-state index in [-0.39, 0.29) is 0 Å². The number of hydrogen-bond acceptors (Lipinski definition) is 6.